The van der Waals surface area contributed by atoms with Crippen molar-refractivity contribution in [2.45, 2.75) is 43.5 Å². The highest BCUT2D eigenvalue weighted by Crippen LogP contribution is 2.20. The van der Waals surface area contributed by atoms with E-state index in [4.69, 9.17) is 4.74 Å². The minimum atomic E-state index is 0.0718. The first-order valence-corrected chi connectivity index (χ1v) is 7.97. The van der Waals surface area contributed by atoms with Crippen LogP contribution >= 0.6 is 15.9 Å². The fourth-order valence-electron chi connectivity index (χ4n) is 2.30. The maximum atomic E-state index is 11.9. The first kappa shape index (κ1) is 14.5. The van der Waals surface area contributed by atoms with Gasteiger partial charge in [0.25, 0.3) is 0 Å². The van der Waals surface area contributed by atoms with E-state index in [1.165, 1.54) is 6.42 Å². The zero-order chi connectivity index (χ0) is 13.5. The number of halogens is 1. The molecule has 1 heterocycles. The zero-order valence-electron chi connectivity index (χ0n) is 11.0. The van der Waals surface area contributed by atoms with Crippen LogP contribution in [0.1, 0.15) is 37.7 Å². The lowest BCUT2D eigenvalue weighted by atomic mass is 10.0. The van der Waals surface area contributed by atoms with E-state index in [1.807, 2.05) is 24.3 Å². The van der Waals surface area contributed by atoms with Gasteiger partial charge in [-0.25, -0.2) is 0 Å². The SMILES string of the molecule is O=C(CCC1CCCCO1)Nc1ccccc1CBr. The summed E-state index contributed by atoms with van der Waals surface area (Å²) >= 11 is 3.43. The van der Waals surface area contributed by atoms with Crippen molar-refractivity contribution >= 4 is 27.5 Å². The van der Waals surface area contributed by atoms with E-state index in [2.05, 4.69) is 21.2 Å². The summed E-state index contributed by atoms with van der Waals surface area (Å²) in [6, 6.07) is 7.86. The number of para-hydroxylation sites is 1. The summed E-state index contributed by atoms with van der Waals surface area (Å²) in [5, 5.41) is 3.72. The Kier molecular flexibility index (Phi) is 5.86. The Morgan fingerprint density at radius 1 is 1.37 bits per heavy atom. The van der Waals surface area contributed by atoms with Crippen molar-refractivity contribution in [2.24, 2.45) is 0 Å². The Morgan fingerprint density at radius 2 is 2.21 bits per heavy atom. The lowest BCUT2D eigenvalue weighted by molar-refractivity contribution is -0.117. The molecule has 1 aliphatic heterocycles. The molecule has 1 N–H and O–H groups in total. The molecule has 1 atom stereocenters. The van der Waals surface area contributed by atoms with Crippen LogP contribution < -0.4 is 5.32 Å². The molecule has 0 spiro atoms. The van der Waals surface area contributed by atoms with Crippen LogP contribution in [-0.2, 0) is 14.9 Å². The van der Waals surface area contributed by atoms with Gasteiger partial charge in [0, 0.05) is 24.0 Å². The molecule has 1 aromatic carbocycles. The first-order valence-electron chi connectivity index (χ1n) is 6.85. The van der Waals surface area contributed by atoms with Crippen LogP contribution in [0.3, 0.4) is 0 Å². The van der Waals surface area contributed by atoms with Gasteiger partial charge in [0.1, 0.15) is 0 Å². The fraction of sp³-hybridized carbons (Fsp3) is 0.533. The van der Waals surface area contributed by atoms with Crippen molar-refractivity contribution in [1.82, 2.24) is 0 Å². The van der Waals surface area contributed by atoms with Gasteiger partial charge < -0.3 is 10.1 Å². The summed E-state index contributed by atoms with van der Waals surface area (Å²) in [6.45, 7) is 0.846. The van der Waals surface area contributed by atoms with Crippen molar-refractivity contribution in [2.75, 3.05) is 11.9 Å². The van der Waals surface area contributed by atoms with Gasteiger partial charge >= 0.3 is 0 Å². The van der Waals surface area contributed by atoms with E-state index < -0.39 is 0 Å². The number of hydrogen-bond acceptors (Lipinski definition) is 2. The average molecular weight is 326 g/mol. The zero-order valence-corrected chi connectivity index (χ0v) is 12.6. The van der Waals surface area contributed by atoms with Gasteiger partial charge in [-0.1, -0.05) is 34.1 Å². The van der Waals surface area contributed by atoms with Crippen molar-refractivity contribution in [3.63, 3.8) is 0 Å². The molecule has 1 saturated heterocycles. The molecule has 1 aromatic rings. The van der Waals surface area contributed by atoms with Crippen LogP contribution in [0, 0.1) is 0 Å². The third kappa shape index (κ3) is 4.62. The second-order valence-electron chi connectivity index (χ2n) is 4.87. The highest BCUT2D eigenvalue weighted by atomic mass is 79.9. The molecule has 4 heteroatoms. The Bertz CT molecular complexity index is 416. The quantitative estimate of drug-likeness (QED) is 0.834. The molecular formula is C15H20BrNO2. The van der Waals surface area contributed by atoms with E-state index >= 15 is 0 Å². The maximum Gasteiger partial charge on any atom is 0.224 e. The molecule has 1 amide bonds. The predicted molar refractivity (Wildman–Crippen MR) is 80.5 cm³/mol. The highest BCUT2D eigenvalue weighted by molar-refractivity contribution is 9.08. The van der Waals surface area contributed by atoms with Gasteiger partial charge in [0.2, 0.25) is 5.91 Å². The Labute approximate surface area is 122 Å². The molecule has 1 aliphatic rings. The third-order valence-corrected chi connectivity index (χ3v) is 4.01. The summed E-state index contributed by atoms with van der Waals surface area (Å²) in [5.41, 5.74) is 2.00. The number of rotatable bonds is 5. The molecule has 2 rings (SSSR count). The largest absolute Gasteiger partial charge is 0.378 e. The number of ether oxygens (including phenoxy) is 1. The number of hydrogen-bond donors (Lipinski definition) is 1. The third-order valence-electron chi connectivity index (χ3n) is 3.40. The summed E-state index contributed by atoms with van der Waals surface area (Å²) < 4.78 is 5.64. The number of amides is 1. The van der Waals surface area contributed by atoms with Gasteiger partial charge in [-0.2, -0.15) is 0 Å². The molecule has 19 heavy (non-hydrogen) atoms. The summed E-state index contributed by atoms with van der Waals surface area (Å²) in [4.78, 5) is 11.9. The average Bonchev–Trinajstić information content (AvgIpc) is 2.47. The van der Waals surface area contributed by atoms with E-state index in [9.17, 15) is 4.79 Å². The fourth-order valence-corrected chi connectivity index (χ4v) is 2.79. The molecule has 1 unspecified atom stereocenters. The minimum absolute atomic E-state index is 0.0718. The molecule has 0 aromatic heterocycles. The minimum Gasteiger partial charge on any atom is -0.378 e. The van der Waals surface area contributed by atoms with Gasteiger partial charge in [0.15, 0.2) is 0 Å². The van der Waals surface area contributed by atoms with Gasteiger partial charge in [-0.3, -0.25) is 4.79 Å². The Hall–Kier alpha value is -0.870. The van der Waals surface area contributed by atoms with Crippen LogP contribution in [0.15, 0.2) is 24.3 Å². The Morgan fingerprint density at radius 3 is 2.95 bits per heavy atom. The molecule has 0 bridgehead atoms. The number of alkyl halides is 1. The van der Waals surface area contributed by atoms with E-state index in [0.29, 0.717) is 6.42 Å². The molecule has 3 nitrogen and oxygen atoms in total. The lowest BCUT2D eigenvalue weighted by Gasteiger charge is -2.22. The highest BCUT2D eigenvalue weighted by Gasteiger charge is 2.15. The number of nitrogens with one attached hydrogen (secondary N) is 1. The van der Waals surface area contributed by atoms with E-state index in [1.54, 1.807) is 0 Å². The van der Waals surface area contributed by atoms with Crippen LogP contribution in [-0.4, -0.2) is 18.6 Å². The van der Waals surface area contributed by atoms with Crippen LogP contribution in [0.4, 0.5) is 5.69 Å². The van der Waals surface area contributed by atoms with Crippen molar-refractivity contribution in [3.8, 4) is 0 Å². The van der Waals surface area contributed by atoms with Crippen molar-refractivity contribution in [3.05, 3.63) is 29.8 Å². The monoisotopic (exact) mass is 325 g/mol. The van der Waals surface area contributed by atoms with Gasteiger partial charge in [-0.05, 0) is 37.3 Å². The van der Waals surface area contributed by atoms with Crippen LogP contribution in [0.2, 0.25) is 0 Å². The first-order chi connectivity index (χ1) is 9.29. The smallest absolute Gasteiger partial charge is 0.224 e. The van der Waals surface area contributed by atoms with Gasteiger partial charge in [-0.15, -0.1) is 0 Å². The van der Waals surface area contributed by atoms with E-state index in [0.717, 1.165) is 42.5 Å². The van der Waals surface area contributed by atoms with Crippen molar-refractivity contribution in [1.29, 1.82) is 0 Å². The molecule has 0 saturated carbocycles. The molecular weight excluding hydrogens is 306 g/mol. The maximum absolute atomic E-state index is 11.9. The van der Waals surface area contributed by atoms with Crippen LogP contribution in [0.25, 0.3) is 0 Å². The number of carbonyl (C=O) groups excluding carboxylic acids is 1. The predicted octanol–water partition coefficient (Wildman–Crippen LogP) is 3.87. The van der Waals surface area contributed by atoms with Crippen LogP contribution in [0.5, 0.6) is 0 Å². The number of benzene rings is 1. The molecule has 1 fully saturated rings. The van der Waals surface area contributed by atoms with Gasteiger partial charge in [0.05, 0.1) is 6.10 Å². The number of anilines is 1. The second kappa shape index (κ2) is 7.65. The van der Waals surface area contributed by atoms with E-state index in [-0.39, 0.29) is 12.0 Å². The summed E-state index contributed by atoms with van der Waals surface area (Å²) in [7, 11) is 0. The molecule has 0 aliphatic carbocycles. The normalized spacial score (nSPS) is 19.1. The summed E-state index contributed by atoms with van der Waals surface area (Å²) in [6.07, 6.45) is 5.08. The standard InChI is InChI=1S/C15H20BrNO2/c16-11-12-5-1-2-7-14(12)17-15(18)9-8-13-6-3-4-10-19-13/h1-2,5,7,13H,3-4,6,8-11H2,(H,17,18). The van der Waals surface area contributed by atoms with Crippen molar-refractivity contribution < 1.29 is 9.53 Å². The summed E-state index contributed by atoms with van der Waals surface area (Å²) in [5.74, 6) is 0.0718. The molecule has 104 valence electrons. The topological polar surface area (TPSA) is 38.3 Å². The second-order valence-corrected chi connectivity index (χ2v) is 5.43. The Balaban J connectivity index is 1.80. The molecule has 0 radical (unpaired) electrons. The number of carbonyl (C=O) groups is 1. The lowest BCUT2D eigenvalue weighted by Crippen LogP contribution is -2.22.